The Morgan fingerprint density at radius 1 is 1.17 bits per heavy atom. The van der Waals surface area contributed by atoms with Crippen LogP contribution in [0.15, 0.2) is 36.4 Å². The fourth-order valence-corrected chi connectivity index (χ4v) is 2.02. The summed E-state index contributed by atoms with van der Waals surface area (Å²) in [6.07, 6.45) is 0. The summed E-state index contributed by atoms with van der Waals surface area (Å²) < 4.78 is 37.4. The van der Waals surface area contributed by atoms with Crippen LogP contribution in [0.5, 0.6) is 5.75 Å². The number of ether oxygens (including phenoxy) is 2. The van der Waals surface area contributed by atoms with E-state index in [-0.39, 0.29) is 17.7 Å². The number of hydrogen-bond donors (Lipinski definition) is 1. The molecule has 4 nitrogen and oxygen atoms in total. The molecule has 0 unspecified atom stereocenters. The number of nitrogens with one attached hydrogen (secondary N) is 1. The molecule has 6 heteroatoms. The summed E-state index contributed by atoms with van der Waals surface area (Å²) in [5.41, 5.74) is 0.998. The first-order valence-electron chi connectivity index (χ1n) is 7.08. The number of methoxy groups -OCH3 is 1. The monoisotopic (exact) mass is 321 g/mol. The van der Waals surface area contributed by atoms with E-state index in [1.54, 1.807) is 6.07 Å². The van der Waals surface area contributed by atoms with Crippen LogP contribution < -0.4 is 10.1 Å². The second kappa shape index (κ2) is 7.58. The van der Waals surface area contributed by atoms with Crippen molar-refractivity contribution in [3.8, 4) is 5.75 Å². The molecule has 122 valence electrons. The summed E-state index contributed by atoms with van der Waals surface area (Å²) >= 11 is 0. The van der Waals surface area contributed by atoms with Gasteiger partial charge in [0.1, 0.15) is 24.0 Å². The minimum Gasteiger partial charge on any atom is -0.487 e. The van der Waals surface area contributed by atoms with Crippen molar-refractivity contribution in [2.75, 3.05) is 19.0 Å². The van der Waals surface area contributed by atoms with Gasteiger partial charge < -0.3 is 14.8 Å². The summed E-state index contributed by atoms with van der Waals surface area (Å²) in [5.74, 6) is -1.35. The Morgan fingerprint density at radius 2 is 1.96 bits per heavy atom. The lowest BCUT2D eigenvalue weighted by molar-refractivity contribution is 0.0600. The van der Waals surface area contributed by atoms with E-state index in [1.807, 2.05) is 6.92 Å². The summed E-state index contributed by atoms with van der Waals surface area (Å²) in [4.78, 5) is 11.3. The number of carbonyl (C=O) groups is 1. The standard InChI is InChI=1S/C17H17F2NO3/c1-3-20-15-7-6-13(18)9-16(15)23-10-12-5-4-11(8-14(12)19)17(21)22-2/h4-9,20H,3,10H2,1-2H3. The molecule has 0 aliphatic rings. The molecule has 0 aliphatic heterocycles. The lowest BCUT2D eigenvalue weighted by atomic mass is 10.1. The Morgan fingerprint density at radius 3 is 2.61 bits per heavy atom. The Hall–Kier alpha value is -2.63. The predicted molar refractivity (Wildman–Crippen MR) is 82.6 cm³/mol. The molecule has 0 atom stereocenters. The number of anilines is 1. The van der Waals surface area contributed by atoms with Gasteiger partial charge in [-0.15, -0.1) is 0 Å². The molecule has 2 aromatic carbocycles. The fraction of sp³-hybridized carbons (Fsp3) is 0.235. The van der Waals surface area contributed by atoms with Crippen molar-refractivity contribution in [3.63, 3.8) is 0 Å². The normalized spacial score (nSPS) is 10.3. The maximum absolute atomic E-state index is 14.0. The highest BCUT2D eigenvalue weighted by molar-refractivity contribution is 5.89. The largest absolute Gasteiger partial charge is 0.487 e. The van der Waals surface area contributed by atoms with Crippen LogP contribution >= 0.6 is 0 Å². The Bertz CT molecular complexity index is 704. The Labute approximate surface area is 133 Å². The smallest absolute Gasteiger partial charge is 0.337 e. The highest BCUT2D eigenvalue weighted by Gasteiger charge is 2.11. The van der Waals surface area contributed by atoms with Crippen molar-refractivity contribution in [3.05, 3.63) is 59.2 Å². The van der Waals surface area contributed by atoms with Crippen LogP contribution in [0.1, 0.15) is 22.8 Å². The quantitative estimate of drug-likeness (QED) is 0.823. The summed E-state index contributed by atoms with van der Waals surface area (Å²) in [6, 6.07) is 8.08. The zero-order valence-corrected chi connectivity index (χ0v) is 12.9. The van der Waals surface area contributed by atoms with Gasteiger partial charge in [-0.05, 0) is 31.2 Å². The van der Waals surface area contributed by atoms with Gasteiger partial charge in [0.15, 0.2) is 0 Å². The Kier molecular flexibility index (Phi) is 5.51. The molecule has 0 saturated heterocycles. The van der Waals surface area contributed by atoms with Crippen LogP contribution in [0.3, 0.4) is 0 Å². The minimum absolute atomic E-state index is 0.0882. The molecule has 1 N–H and O–H groups in total. The van der Waals surface area contributed by atoms with Gasteiger partial charge in [-0.2, -0.15) is 0 Å². The van der Waals surface area contributed by atoms with E-state index < -0.39 is 17.6 Å². The first kappa shape index (κ1) is 16.7. The highest BCUT2D eigenvalue weighted by Crippen LogP contribution is 2.26. The van der Waals surface area contributed by atoms with Crippen LogP contribution in [-0.2, 0) is 11.3 Å². The maximum Gasteiger partial charge on any atom is 0.337 e. The molecule has 0 bridgehead atoms. The van der Waals surface area contributed by atoms with E-state index >= 15 is 0 Å². The van der Waals surface area contributed by atoms with Crippen LogP contribution in [0.25, 0.3) is 0 Å². The second-order valence-electron chi connectivity index (χ2n) is 4.76. The van der Waals surface area contributed by atoms with Crippen LogP contribution in [0, 0.1) is 11.6 Å². The third-order valence-electron chi connectivity index (χ3n) is 3.17. The Balaban J connectivity index is 2.15. The van der Waals surface area contributed by atoms with Crippen LogP contribution in [0.4, 0.5) is 14.5 Å². The molecular formula is C17H17F2NO3. The lowest BCUT2D eigenvalue weighted by Crippen LogP contribution is -2.06. The van der Waals surface area contributed by atoms with Crippen molar-refractivity contribution in [2.45, 2.75) is 13.5 Å². The number of esters is 1. The average Bonchev–Trinajstić information content (AvgIpc) is 2.55. The molecule has 0 spiro atoms. The summed E-state index contributed by atoms with van der Waals surface area (Å²) in [5, 5.41) is 3.04. The third kappa shape index (κ3) is 4.18. The second-order valence-corrected chi connectivity index (χ2v) is 4.76. The van der Waals surface area contributed by atoms with Crippen molar-refractivity contribution in [2.24, 2.45) is 0 Å². The third-order valence-corrected chi connectivity index (χ3v) is 3.17. The van der Waals surface area contributed by atoms with Gasteiger partial charge in [-0.1, -0.05) is 6.07 Å². The zero-order valence-electron chi connectivity index (χ0n) is 12.9. The molecule has 23 heavy (non-hydrogen) atoms. The van der Waals surface area contributed by atoms with Gasteiger partial charge in [-0.3, -0.25) is 0 Å². The van der Waals surface area contributed by atoms with Crippen LogP contribution in [-0.4, -0.2) is 19.6 Å². The number of carbonyl (C=O) groups excluding carboxylic acids is 1. The van der Waals surface area contributed by atoms with Gasteiger partial charge in [0, 0.05) is 18.2 Å². The van der Waals surface area contributed by atoms with Crippen molar-refractivity contribution in [1.82, 2.24) is 0 Å². The average molecular weight is 321 g/mol. The van der Waals surface area contributed by atoms with E-state index in [2.05, 4.69) is 10.1 Å². The SMILES string of the molecule is CCNc1ccc(F)cc1OCc1ccc(C(=O)OC)cc1F. The molecule has 0 saturated carbocycles. The van der Waals surface area contributed by atoms with Crippen molar-refractivity contribution < 1.29 is 23.0 Å². The zero-order chi connectivity index (χ0) is 16.8. The van der Waals surface area contributed by atoms with Crippen molar-refractivity contribution in [1.29, 1.82) is 0 Å². The first-order valence-corrected chi connectivity index (χ1v) is 7.08. The maximum atomic E-state index is 14.0. The van der Waals surface area contributed by atoms with Gasteiger partial charge in [-0.25, -0.2) is 13.6 Å². The van der Waals surface area contributed by atoms with Gasteiger partial charge in [0.2, 0.25) is 0 Å². The number of hydrogen-bond acceptors (Lipinski definition) is 4. The lowest BCUT2D eigenvalue weighted by Gasteiger charge is -2.13. The van der Waals surface area contributed by atoms with Gasteiger partial charge >= 0.3 is 5.97 Å². The molecule has 0 aromatic heterocycles. The highest BCUT2D eigenvalue weighted by atomic mass is 19.1. The van der Waals surface area contributed by atoms with E-state index in [1.165, 1.54) is 31.4 Å². The number of rotatable bonds is 6. The number of benzene rings is 2. The predicted octanol–water partition coefficient (Wildman–Crippen LogP) is 3.76. The number of halogens is 2. The molecule has 0 aliphatic carbocycles. The summed E-state index contributed by atoms with van der Waals surface area (Å²) in [7, 11) is 1.23. The van der Waals surface area contributed by atoms with Gasteiger partial charge in [0.25, 0.3) is 0 Å². The molecule has 0 amide bonds. The topological polar surface area (TPSA) is 47.6 Å². The molecule has 0 radical (unpaired) electrons. The van der Waals surface area contributed by atoms with Crippen LogP contribution in [0.2, 0.25) is 0 Å². The molecule has 0 fully saturated rings. The fourth-order valence-electron chi connectivity index (χ4n) is 2.02. The molecule has 0 heterocycles. The summed E-state index contributed by atoms with van der Waals surface area (Å²) in [6.45, 7) is 2.46. The van der Waals surface area contributed by atoms with E-state index in [0.29, 0.717) is 18.0 Å². The minimum atomic E-state index is -0.615. The molecule has 2 rings (SSSR count). The first-order chi connectivity index (χ1) is 11.0. The van der Waals surface area contributed by atoms with E-state index in [0.717, 1.165) is 6.07 Å². The molecule has 2 aromatic rings. The van der Waals surface area contributed by atoms with Crippen molar-refractivity contribution >= 4 is 11.7 Å². The van der Waals surface area contributed by atoms with E-state index in [4.69, 9.17) is 4.74 Å². The van der Waals surface area contributed by atoms with Gasteiger partial charge in [0.05, 0.1) is 18.4 Å². The van der Waals surface area contributed by atoms with E-state index in [9.17, 15) is 13.6 Å². The molecular weight excluding hydrogens is 304 g/mol.